The Hall–Kier alpha value is -2.79. The number of fused-ring (bicyclic) bond motifs is 1. The second-order valence-corrected chi connectivity index (χ2v) is 5.81. The Morgan fingerprint density at radius 1 is 1.04 bits per heavy atom. The molecule has 25 heavy (non-hydrogen) atoms. The summed E-state index contributed by atoms with van der Waals surface area (Å²) in [6.45, 7) is 4.44. The fourth-order valence-electron chi connectivity index (χ4n) is 2.70. The van der Waals surface area contributed by atoms with E-state index in [1.165, 1.54) is 0 Å². The molecule has 0 aliphatic rings. The van der Waals surface area contributed by atoms with E-state index in [4.69, 9.17) is 0 Å². The molecule has 5 nitrogen and oxygen atoms in total. The highest BCUT2D eigenvalue weighted by Gasteiger charge is 2.13. The molecule has 2 N–H and O–H groups in total. The van der Waals surface area contributed by atoms with Crippen LogP contribution >= 0.6 is 0 Å². The first-order valence-corrected chi connectivity index (χ1v) is 8.58. The second kappa shape index (κ2) is 8.35. The van der Waals surface area contributed by atoms with Crippen molar-refractivity contribution < 1.29 is 4.79 Å². The van der Waals surface area contributed by atoms with Crippen LogP contribution in [0.2, 0.25) is 0 Å². The van der Waals surface area contributed by atoms with Crippen molar-refractivity contribution in [2.24, 2.45) is 0 Å². The van der Waals surface area contributed by atoms with Crippen LogP contribution in [0.4, 0.5) is 0 Å². The Morgan fingerprint density at radius 3 is 2.64 bits per heavy atom. The lowest BCUT2D eigenvalue weighted by molar-refractivity contribution is 0.0955. The van der Waals surface area contributed by atoms with Crippen LogP contribution in [0.15, 0.2) is 54.9 Å². The van der Waals surface area contributed by atoms with Gasteiger partial charge in [0.25, 0.3) is 5.91 Å². The molecule has 5 heteroatoms. The minimum atomic E-state index is -0.0767. The minimum Gasteiger partial charge on any atom is -0.351 e. The minimum absolute atomic E-state index is 0.0767. The zero-order chi connectivity index (χ0) is 17.5. The highest BCUT2D eigenvalue weighted by Crippen LogP contribution is 2.24. The van der Waals surface area contributed by atoms with Crippen molar-refractivity contribution in [2.45, 2.75) is 13.3 Å². The van der Waals surface area contributed by atoms with Gasteiger partial charge in [-0.2, -0.15) is 0 Å². The van der Waals surface area contributed by atoms with Crippen LogP contribution in [-0.4, -0.2) is 35.5 Å². The van der Waals surface area contributed by atoms with Crippen LogP contribution in [0, 0.1) is 0 Å². The number of nitrogens with zero attached hydrogens (tertiary/aromatic N) is 2. The summed E-state index contributed by atoms with van der Waals surface area (Å²) in [5.74, 6) is -0.0767. The predicted octanol–water partition coefficient (Wildman–Crippen LogP) is 3.03. The molecule has 0 atom stereocenters. The molecule has 1 aromatic carbocycles. The van der Waals surface area contributed by atoms with Crippen molar-refractivity contribution in [3.8, 4) is 11.3 Å². The second-order valence-electron chi connectivity index (χ2n) is 5.81. The molecule has 2 aromatic heterocycles. The molecule has 0 bridgehead atoms. The van der Waals surface area contributed by atoms with Crippen LogP contribution in [0.5, 0.6) is 0 Å². The van der Waals surface area contributed by atoms with Gasteiger partial charge in [0.1, 0.15) is 0 Å². The Bertz CT molecular complexity index is 849. The zero-order valence-electron chi connectivity index (χ0n) is 14.3. The summed E-state index contributed by atoms with van der Waals surface area (Å²) in [4.78, 5) is 21.4. The molecule has 0 aliphatic heterocycles. The fraction of sp³-hybridized carbons (Fsp3) is 0.250. The summed E-state index contributed by atoms with van der Waals surface area (Å²) in [7, 11) is 0. The van der Waals surface area contributed by atoms with Gasteiger partial charge >= 0.3 is 0 Å². The van der Waals surface area contributed by atoms with Gasteiger partial charge in [0, 0.05) is 36.4 Å². The number of hydrogen-bond acceptors (Lipinski definition) is 4. The van der Waals surface area contributed by atoms with Gasteiger partial charge in [0.15, 0.2) is 0 Å². The fourth-order valence-corrected chi connectivity index (χ4v) is 2.70. The largest absolute Gasteiger partial charge is 0.351 e. The van der Waals surface area contributed by atoms with Crippen LogP contribution in [-0.2, 0) is 0 Å². The third-order valence-electron chi connectivity index (χ3n) is 3.95. The van der Waals surface area contributed by atoms with E-state index in [1.54, 1.807) is 12.4 Å². The Balaban J connectivity index is 1.89. The highest BCUT2D eigenvalue weighted by atomic mass is 16.1. The normalized spacial score (nSPS) is 10.8. The molecule has 0 unspecified atom stereocenters. The summed E-state index contributed by atoms with van der Waals surface area (Å²) in [6.07, 6.45) is 4.54. The van der Waals surface area contributed by atoms with Crippen LogP contribution < -0.4 is 10.6 Å². The predicted molar refractivity (Wildman–Crippen MR) is 100 cm³/mol. The standard InChI is InChI=1S/C20H22N4O/c1-2-9-21-12-13-23-20(25)17-14-19(15-7-10-22-11-8-15)24-18-6-4-3-5-16(17)18/h3-8,10-11,14,21H,2,9,12-13H2,1H3,(H,23,25). The van der Waals surface area contributed by atoms with Crippen LogP contribution in [0.3, 0.4) is 0 Å². The number of hydrogen-bond donors (Lipinski definition) is 2. The van der Waals surface area contributed by atoms with Crippen molar-refractivity contribution in [3.05, 3.63) is 60.4 Å². The van der Waals surface area contributed by atoms with E-state index in [1.807, 2.05) is 42.5 Å². The molecule has 1 amide bonds. The molecule has 2 heterocycles. The van der Waals surface area contributed by atoms with Crippen molar-refractivity contribution >= 4 is 16.8 Å². The molecule has 0 saturated carbocycles. The Morgan fingerprint density at radius 2 is 1.84 bits per heavy atom. The maximum absolute atomic E-state index is 12.7. The van der Waals surface area contributed by atoms with E-state index >= 15 is 0 Å². The number of nitrogens with one attached hydrogen (secondary N) is 2. The van der Waals surface area contributed by atoms with Crippen molar-refractivity contribution in [3.63, 3.8) is 0 Å². The number of aromatic nitrogens is 2. The first kappa shape index (κ1) is 17.0. The number of carbonyl (C=O) groups excluding carboxylic acids is 1. The molecule has 3 rings (SSSR count). The van der Waals surface area contributed by atoms with E-state index < -0.39 is 0 Å². The van der Waals surface area contributed by atoms with Gasteiger partial charge in [-0.05, 0) is 37.2 Å². The molecule has 128 valence electrons. The number of para-hydroxylation sites is 1. The summed E-state index contributed by atoms with van der Waals surface area (Å²) >= 11 is 0. The Kier molecular flexibility index (Phi) is 5.69. The van der Waals surface area contributed by atoms with E-state index in [0.717, 1.165) is 41.7 Å². The van der Waals surface area contributed by atoms with Crippen molar-refractivity contribution in [2.75, 3.05) is 19.6 Å². The number of carbonyl (C=O) groups is 1. The lowest BCUT2D eigenvalue weighted by Crippen LogP contribution is -2.32. The molecular weight excluding hydrogens is 312 g/mol. The van der Waals surface area contributed by atoms with Crippen molar-refractivity contribution in [1.82, 2.24) is 20.6 Å². The van der Waals surface area contributed by atoms with Gasteiger partial charge in [-0.1, -0.05) is 25.1 Å². The zero-order valence-corrected chi connectivity index (χ0v) is 14.3. The third-order valence-corrected chi connectivity index (χ3v) is 3.95. The molecule has 3 aromatic rings. The molecular formula is C20H22N4O. The SMILES string of the molecule is CCCNCCNC(=O)c1cc(-c2ccncc2)nc2ccccc12. The van der Waals surface area contributed by atoms with Crippen LogP contribution in [0.1, 0.15) is 23.7 Å². The number of amides is 1. The molecule has 0 spiro atoms. The van der Waals surface area contributed by atoms with E-state index in [0.29, 0.717) is 12.1 Å². The number of pyridine rings is 2. The third kappa shape index (κ3) is 4.19. The lowest BCUT2D eigenvalue weighted by atomic mass is 10.0. The summed E-state index contributed by atoms with van der Waals surface area (Å²) in [6, 6.07) is 13.4. The number of benzene rings is 1. The molecule has 0 fully saturated rings. The summed E-state index contributed by atoms with van der Waals surface area (Å²) in [5, 5.41) is 7.13. The van der Waals surface area contributed by atoms with Gasteiger partial charge < -0.3 is 10.6 Å². The van der Waals surface area contributed by atoms with Crippen LogP contribution in [0.25, 0.3) is 22.2 Å². The first-order chi connectivity index (χ1) is 12.3. The Labute approximate surface area is 147 Å². The summed E-state index contributed by atoms with van der Waals surface area (Å²) in [5.41, 5.74) is 3.17. The molecule has 0 aliphatic carbocycles. The quantitative estimate of drug-likeness (QED) is 0.652. The van der Waals surface area contributed by atoms with E-state index in [2.05, 4.69) is 27.5 Å². The molecule has 0 saturated heterocycles. The lowest BCUT2D eigenvalue weighted by Gasteiger charge is -2.11. The average molecular weight is 334 g/mol. The van der Waals surface area contributed by atoms with Crippen molar-refractivity contribution in [1.29, 1.82) is 0 Å². The smallest absolute Gasteiger partial charge is 0.252 e. The highest BCUT2D eigenvalue weighted by molar-refractivity contribution is 6.07. The van der Waals surface area contributed by atoms with Gasteiger partial charge in [0.2, 0.25) is 0 Å². The first-order valence-electron chi connectivity index (χ1n) is 8.58. The monoisotopic (exact) mass is 334 g/mol. The topological polar surface area (TPSA) is 66.9 Å². The molecule has 0 radical (unpaired) electrons. The maximum Gasteiger partial charge on any atom is 0.252 e. The summed E-state index contributed by atoms with van der Waals surface area (Å²) < 4.78 is 0. The average Bonchev–Trinajstić information content (AvgIpc) is 2.67. The van der Waals surface area contributed by atoms with Gasteiger partial charge in [-0.25, -0.2) is 4.98 Å². The number of rotatable bonds is 7. The maximum atomic E-state index is 12.7. The van der Waals surface area contributed by atoms with E-state index in [9.17, 15) is 4.79 Å². The van der Waals surface area contributed by atoms with Gasteiger partial charge in [-0.15, -0.1) is 0 Å². The van der Waals surface area contributed by atoms with Gasteiger partial charge in [0.05, 0.1) is 16.8 Å². The van der Waals surface area contributed by atoms with E-state index in [-0.39, 0.29) is 5.91 Å². The van der Waals surface area contributed by atoms with Gasteiger partial charge in [-0.3, -0.25) is 9.78 Å².